The molecule has 2 aromatic rings. The number of hydrogen-bond acceptors (Lipinski definition) is 8. The van der Waals surface area contributed by atoms with E-state index in [1.807, 2.05) is 30.3 Å². The fourth-order valence-corrected chi connectivity index (χ4v) is 4.23. The molecule has 142 valence electrons. The van der Waals surface area contributed by atoms with Gasteiger partial charge in [-0.3, -0.25) is 4.79 Å². The lowest BCUT2D eigenvalue weighted by molar-refractivity contribution is -0.134. The number of ether oxygens (including phenoxy) is 1. The summed E-state index contributed by atoms with van der Waals surface area (Å²) >= 11 is 2.90. The van der Waals surface area contributed by atoms with E-state index >= 15 is 0 Å². The van der Waals surface area contributed by atoms with Gasteiger partial charge in [0.1, 0.15) is 0 Å². The molecule has 0 bridgehead atoms. The second kappa shape index (κ2) is 9.56. The highest BCUT2D eigenvalue weighted by atomic mass is 32.2. The van der Waals surface area contributed by atoms with E-state index in [9.17, 15) is 9.59 Å². The molecule has 1 aliphatic rings. The Labute approximate surface area is 165 Å². The Morgan fingerprint density at radius 2 is 2.19 bits per heavy atom. The van der Waals surface area contributed by atoms with Crippen molar-refractivity contribution in [3.63, 3.8) is 0 Å². The Kier molecular flexibility index (Phi) is 6.88. The molecule has 0 saturated carbocycles. The predicted molar refractivity (Wildman–Crippen MR) is 103 cm³/mol. The molecule has 0 unspecified atom stereocenters. The minimum absolute atomic E-state index is 0.00839. The standard InChI is InChI=1S/C17H19N5O3S2/c1-25-16(24)10-15-21(14(23)12-27-15)8-5-9-26-17-18-19-20-22(17)11-13-6-3-2-4-7-13/h2-4,6-7,10H,5,8-9,11-12H2,1H3/b15-10+. The average molecular weight is 406 g/mol. The Morgan fingerprint density at radius 3 is 2.96 bits per heavy atom. The number of rotatable bonds is 8. The lowest BCUT2D eigenvalue weighted by Gasteiger charge is -2.16. The van der Waals surface area contributed by atoms with E-state index in [1.54, 1.807) is 21.3 Å². The summed E-state index contributed by atoms with van der Waals surface area (Å²) in [5.74, 6) is 0.668. The van der Waals surface area contributed by atoms with Crippen LogP contribution in [0.3, 0.4) is 0 Å². The quantitative estimate of drug-likeness (QED) is 0.284. The van der Waals surface area contributed by atoms with Crippen LogP contribution in [0.15, 0.2) is 46.6 Å². The van der Waals surface area contributed by atoms with Crippen molar-refractivity contribution < 1.29 is 14.3 Å². The SMILES string of the molecule is COC(=O)/C=C1/SCC(=O)N1CCCSc1nnnn1Cc1ccccc1. The highest BCUT2D eigenvalue weighted by molar-refractivity contribution is 8.04. The minimum Gasteiger partial charge on any atom is -0.466 e. The first-order valence-corrected chi connectivity index (χ1v) is 10.3. The summed E-state index contributed by atoms with van der Waals surface area (Å²) < 4.78 is 6.40. The Balaban J connectivity index is 1.50. The lowest BCUT2D eigenvalue weighted by atomic mass is 10.2. The van der Waals surface area contributed by atoms with Crippen LogP contribution in [0.1, 0.15) is 12.0 Å². The summed E-state index contributed by atoms with van der Waals surface area (Å²) in [6.45, 7) is 1.16. The van der Waals surface area contributed by atoms with Gasteiger partial charge in [0.2, 0.25) is 11.1 Å². The Morgan fingerprint density at radius 1 is 1.37 bits per heavy atom. The van der Waals surface area contributed by atoms with E-state index in [0.717, 1.165) is 22.9 Å². The van der Waals surface area contributed by atoms with Crippen LogP contribution in [0.25, 0.3) is 0 Å². The van der Waals surface area contributed by atoms with E-state index in [1.165, 1.54) is 24.9 Å². The molecule has 1 fully saturated rings. The number of tetrazole rings is 1. The summed E-state index contributed by atoms with van der Waals surface area (Å²) in [6.07, 6.45) is 2.12. The maximum atomic E-state index is 12.0. The van der Waals surface area contributed by atoms with Gasteiger partial charge >= 0.3 is 5.97 Å². The number of thioether (sulfide) groups is 2. The van der Waals surface area contributed by atoms with Crippen LogP contribution in [0.2, 0.25) is 0 Å². The van der Waals surface area contributed by atoms with Gasteiger partial charge in [-0.2, -0.15) is 0 Å². The molecule has 0 N–H and O–H groups in total. The van der Waals surface area contributed by atoms with Crippen molar-refractivity contribution in [2.75, 3.05) is 25.2 Å². The number of methoxy groups -OCH3 is 1. The van der Waals surface area contributed by atoms with Crippen molar-refractivity contribution in [2.45, 2.75) is 18.1 Å². The normalized spacial score (nSPS) is 15.5. The number of amides is 1. The smallest absolute Gasteiger partial charge is 0.333 e. The molecule has 10 heteroatoms. The average Bonchev–Trinajstić information content (AvgIpc) is 3.26. The van der Waals surface area contributed by atoms with Crippen molar-refractivity contribution >= 4 is 35.4 Å². The van der Waals surface area contributed by atoms with Crippen molar-refractivity contribution in [3.8, 4) is 0 Å². The minimum atomic E-state index is -0.452. The van der Waals surface area contributed by atoms with Crippen LogP contribution in [-0.4, -0.2) is 62.1 Å². The fraction of sp³-hybridized carbons (Fsp3) is 0.353. The highest BCUT2D eigenvalue weighted by Crippen LogP contribution is 2.29. The molecule has 8 nitrogen and oxygen atoms in total. The summed E-state index contributed by atoms with van der Waals surface area (Å²) in [5, 5.41) is 13.3. The maximum Gasteiger partial charge on any atom is 0.333 e. The molecule has 1 saturated heterocycles. The van der Waals surface area contributed by atoms with Crippen LogP contribution in [0, 0.1) is 0 Å². The van der Waals surface area contributed by atoms with Gasteiger partial charge in [0, 0.05) is 12.3 Å². The molecule has 0 spiro atoms. The van der Waals surface area contributed by atoms with Crippen LogP contribution in [0.5, 0.6) is 0 Å². The first-order chi connectivity index (χ1) is 13.2. The van der Waals surface area contributed by atoms with Crippen molar-refractivity contribution in [2.24, 2.45) is 0 Å². The van der Waals surface area contributed by atoms with Gasteiger partial charge in [-0.1, -0.05) is 53.9 Å². The first-order valence-electron chi connectivity index (χ1n) is 8.33. The van der Waals surface area contributed by atoms with Gasteiger partial charge in [-0.05, 0) is 22.4 Å². The van der Waals surface area contributed by atoms with Crippen molar-refractivity contribution in [1.82, 2.24) is 25.1 Å². The van der Waals surface area contributed by atoms with Gasteiger partial charge in [-0.15, -0.1) is 5.10 Å². The molecule has 1 aromatic heterocycles. The van der Waals surface area contributed by atoms with Gasteiger partial charge in [0.25, 0.3) is 0 Å². The zero-order chi connectivity index (χ0) is 19.1. The van der Waals surface area contributed by atoms with E-state index in [-0.39, 0.29) is 5.91 Å². The molecule has 1 aliphatic heterocycles. The molecule has 1 aromatic carbocycles. The number of hydrogen-bond donors (Lipinski definition) is 0. The molecule has 3 rings (SSSR count). The van der Waals surface area contributed by atoms with Crippen LogP contribution in [0.4, 0.5) is 0 Å². The first kappa shape index (κ1) is 19.4. The summed E-state index contributed by atoms with van der Waals surface area (Å²) in [5.41, 5.74) is 1.13. The third-order valence-corrected chi connectivity index (χ3v) is 5.85. The number of carbonyl (C=O) groups excluding carboxylic acids is 2. The fourth-order valence-electron chi connectivity index (χ4n) is 2.47. The van der Waals surface area contributed by atoms with E-state index in [0.29, 0.717) is 23.9 Å². The van der Waals surface area contributed by atoms with Gasteiger partial charge < -0.3 is 9.64 Å². The number of aromatic nitrogens is 4. The van der Waals surface area contributed by atoms with Crippen LogP contribution < -0.4 is 0 Å². The van der Waals surface area contributed by atoms with Crippen LogP contribution >= 0.6 is 23.5 Å². The molecular weight excluding hydrogens is 386 g/mol. The monoisotopic (exact) mass is 405 g/mol. The largest absolute Gasteiger partial charge is 0.466 e. The van der Waals surface area contributed by atoms with Gasteiger partial charge in [0.15, 0.2) is 0 Å². The predicted octanol–water partition coefficient (Wildman–Crippen LogP) is 1.79. The molecule has 2 heterocycles. The summed E-state index contributed by atoms with van der Waals surface area (Å²) in [4.78, 5) is 25.1. The topological polar surface area (TPSA) is 90.2 Å². The second-order valence-corrected chi connectivity index (χ2v) is 7.70. The third kappa shape index (κ3) is 5.33. The molecule has 0 radical (unpaired) electrons. The zero-order valence-electron chi connectivity index (χ0n) is 14.8. The van der Waals surface area contributed by atoms with Gasteiger partial charge in [0.05, 0.1) is 30.5 Å². The van der Waals surface area contributed by atoms with E-state index < -0.39 is 5.97 Å². The zero-order valence-corrected chi connectivity index (χ0v) is 16.4. The second-order valence-electron chi connectivity index (χ2n) is 5.65. The number of carbonyl (C=O) groups is 2. The number of nitrogens with zero attached hydrogens (tertiary/aromatic N) is 5. The molecule has 0 aliphatic carbocycles. The third-order valence-electron chi connectivity index (χ3n) is 3.78. The summed E-state index contributed by atoms with van der Waals surface area (Å²) in [6, 6.07) is 10.00. The Hall–Kier alpha value is -2.33. The van der Waals surface area contributed by atoms with E-state index in [4.69, 9.17) is 0 Å². The number of esters is 1. The van der Waals surface area contributed by atoms with Crippen molar-refractivity contribution in [1.29, 1.82) is 0 Å². The highest BCUT2D eigenvalue weighted by Gasteiger charge is 2.26. The summed E-state index contributed by atoms with van der Waals surface area (Å²) in [7, 11) is 1.32. The lowest BCUT2D eigenvalue weighted by Crippen LogP contribution is -2.26. The molecular formula is C17H19N5O3S2. The van der Waals surface area contributed by atoms with Crippen LogP contribution in [-0.2, 0) is 20.9 Å². The maximum absolute atomic E-state index is 12.0. The van der Waals surface area contributed by atoms with E-state index in [2.05, 4.69) is 20.3 Å². The number of benzene rings is 1. The Bertz CT molecular complexity index is 825. The molecule has 0 atom stereocenters. The molecule has 1 amide bonds. The molecule has 27 heavy (non-hydrogen) atoms. The van der Waals surface area contributed by atoms with Gasteiger partial charge in [-0.25, -0.2) is 9.48 Å². The van der Waals surface area contributed by atoms with Crippen molar-refractivity contribution in [3.05, 3.63) is 47.0 Å².